The van der Waals surface area contributed by atoms with Crippen LogP contribution < -0.4 is 10.2 Å². The van der Waals surface area contributed by atoms with Gasteiger partial charge in [-0.2, -0.15) is 0 Å². The highest BCUT2D eigenvalue weighted by atomic mass is 79.9. The fraction of sp³-hybridized carbons (Fsp3) is 0.0800. The first-order chi connectivity index (χ1) is 15.0. The van der Waals surface area contributed by atoms with Crippen LogP contribution in [-0.4, -0.2) is 30.7 Å². The Morgan fingerprint density at radius 2 is 1.77 bits per heavy atom. The van der Waals surface area contributed by atoms with Crippen LogP contribution in [0.4, 0.5) is 5.69 Å². The minimum atomic E-state index is -1.03. The van der Waals surface area contributed by atoms with Crippen LogP contribution in [0.5, 0.6) is 0 Å². The first-order valence-corrected chi connectivity index (χ1v) is 10.6. The van der Waals surface area contributed by atoms with Crippen LogP contribution >= 0.6 is 15.9 Å². The number of anilines is 1. The molecular weight excluding hydrogens is 454 g/mol. The van der Waals surface area contributed by atoms with Crippen molar-refractivity contribution in [2.24, 2.45) is 4.99 Å². The standard InChI is InChI=1S/C25H20BrN3O2/c1-29-21-13-6-5-12-20(21)23(18-9-3-2-4-10-18)28-24(25(29)31)27-22(30)15-14-17-8-7-11-19(26)16-17/h2-16,24H,1H3,(H,27,30)/b15-14+. The Labute approximate surface area is 189 Å². The number of para-hydroxylation sites is 1. The molecule has 0 bridgehead atoms. The van der Waals surface area contributed by atoms with Crippen molar-refractivity contribution in [2.75, 3.05) is 11.9 Å². The molecule has 3 aromatic carbocycles. The van der Waals surface area contributed by atoms with Gasteiger partial charge >= 0.3 is 0 Å². The molecule has 1 aliphatic rings. The van der Waals surface area contributed by atoms with Gasteiger partial charge in [0.05, 0.1) is 11.4 Å². The molecule has 0 radical (unpaired) electrons. The molecule has 5 nitrogen and oxygen atoms in total. The fourth-order valence-corrected chi connectivity index (χ4v) is 3.82. The summed E-state index contributed by atoms with van der Waals surface area (Å²) in [4.78, 5) is 31.9. The van der Waals surface area contributed by atoms with Gasteiger partial charge in [0.1, 0.15) is 0 Å². The van der Waals surface area contributed by atoms with Crippen LogP contribution in [0, 0.1) is 0 Å². The summed E-state index contributed by atoms with van der Waals surface area (Å²) in [5, 5.41) is 2.74. The third-order valence-electron chi connectivity index (χ3n) is 4.95. The Kier molecular flexibility index (Phi) is 6.09. The SMILES string of the molecule is CN1C(=O)C(NC(=O)/C=C/c2cccc(Br)c2)N=C(c2ccccc2)c2ccccc21. The van der Waals surface area contributed by atoms with Gasteiger partial charge < -0.3 is 10.2 Å². The maximum Gasteiger partial charge on any atom is 0.272 e. The lowest BCUT2D eigenvalue weighted by Crippen LogP contribution is -2.45. The molecule has 3 aromatic rings. The smallest absolute Gasteiger partial charge is 0.272 e. The summed E-state index contributed by atoms with van der Waals surface area (Å²) in [5.41, 5.74) is 3.99. The summed E-state index contributed by atoms with van der Waals surface area (Å²) in [5.74, 6) is -0.698. The van der Waals surface area contributed by atoms with Crippen LogP contribution in [0.25, 0.3) is 6.08 Å². The molecule has 0 saturated heterocycles. The number of hydrogen-bond donors (Lipinski definition) is 1. The highest BCUT2D eigenvalue weighted by Gasteiger charge is 2.30. The van der Waals surface area contributed by atoms with E-state index in [2.05, 4.69) is 26.2 Å². The van der Waals surface area contributed by atoms with Crippen molar-refractivity contribution in [1.29, 1.82) is 0 Å². The molecule has 31 heavy (non-hydrogen) atoms. The van der Waals surface area contributed by atoms with Crippen LogP contribution in [0.15, 0.2) is 94.4 Å². The van der Waals surface area contributed by atoms with Gasteiger partial charge in [0, 0.05) is 28.7 Å². The predicted molar refractivity (Wildman–Crippen MR) is 127 cm³/mol. The molecule has 6 heteroatoms. The average Bonchev–Trinajstić information content (AvgIpc) is 2.89. The summed E-state index contributed by atoms with van der Waals surface area (Å²) < 4.78 is 0.922. The third-order valence-corrected chi connectivity index (χ3v) is 5.44. The minimum absolute atomic E-state index is 0.303. The molecule has 1 atom stereocenters. The second kappa shape index (κ2) is 9.10. The Hall–Kier alpha value is -3.51. The summed E-state index contributed by atoms with van der Waals surface area (Å²) in [6.45, 7) is 0. The average molecular weight is 474 g/mol. The molecule has 1 N–H and O–H groups in total. The highest BCUT2D eigenvalue weighted by Crippen LogP contribution is 2.27. The number of fused-ring (bicyclic) bond motifs is 1. The quantitative estimate of drug-likeness (QED) is 0.570. The van der Waals surface area contributed by atoms with Crippen molar-refractivity contribution < 1.29 is 9.59 Å². The van der Waals surface area contributed by atoms with E-state index in [0.717, 1.165) is 26.9 Å². The van der Waals surface area contributed by atoms with Crippen LogP contribution in [0.3, 0.4) is 0 Å². The maximum atomic E-state index is 13.1. The van der Waals surface area contributed by atoms with E-state index in [-0.39, 0.29) is 5.91 Å². The minimum Gasteiger partial charge on any atom is -0.323 e. The van der Waals surface area contributed by atoms with E-state index in [1.54, 1.807) is 13.1 Å². The zero-order valence-corrected chi connectivity index (χ0v) is 18.4. The lowest BCUT2D eigenvalue weighted by molar-refractivity contribution is -0.124. The normalized spacial score (nSPS) is 15.9. The molecule has 2 amide bonds. The number of aliphatic imine (C=N–C) groups is 1. The van der Waals surface area contributed by atoms with Gasteiger partial charge in [-0.25, -0.2) is 4.99 Å². The van der Waals surface area contributed by atoms with E-state index in [1.165, 1.54) is 11.0 Å². The van der Waals surface area contributed by atoms with Crippen molar-refractivity contribution in [3.8, 4) is 0 Å². The summed E-state index contributed by atoms with van der Waals surface area (Å²) in [7, 11) is 1.70. The van der Waals surface area contributed by atoms with Crippen LogP contribution in [0.2, 0.25) is 0 Å². The van der Waals surface area contributed by atoms with Gasteiger partial charge in [-0.3, -0.25) is 9.59 Å². The molecular formula is C25H20BrN3O2. The van der Waals surface area contributed by atoms with Crippen molar-refractivity contribution in [3.05, 3.63) is 106 Å². The predicted octanol–water partition coefficient (Wildman–Crippen LogP) is 4.42. The number of amides is 2. The lowest BCUT2D eigenvalue weighted by Gasteiger charge is -2.20. The molecule has 0 aliphatic carbocycles. The van der Waals surface area contributed by atoms with Gasteiger partial charge in [0.25, 0.3) is 5.91 Å². The molecule has 1 heterocycles. The number of rotatable bonds is 4. The second-order valence-corrected chi connectivity index (χ2v) is 7.97. The van der Waals surface area contributed by atoms with Crippen molar-refractivity contribution in [2.45, 2.75) is 6.17 Å². The Morgan fingerprint density at radius 3 is 2.55 bits per heavy atom. The molecule has 1 unspecified atom stereocenters. The van der Waals surface area contributed by atoms with E-state index >= 15 is 0 Å². The van der Waals surface area contributed by atoms with E-state index in [9.17, 15) is 9.59 Å². The number of nitrogens with one attached hydrogen (secondary N) is 1. The molecule has 1 aliphatic heterocycles. The molecule has 4 rings (SSSR count). The number of benzene rings is 3. The maximum absolute atomic E-state index is 13.1. The number of carbonyl (C=O) groups is 2. The summed E-state index contributed by atoms with van der Waals surface area (Å²) >= 11 is 3.41. The van der Waals surface area contributed by atoms with Gasteiger partial charge in [-0.1, -0.05) is 76.6 Å². The van der Waals surface area contributed by atoms with Crippen LogP contribution in [0.1, 0.15) is 16.7 Å². The number of hydrogen-bond acceptors (Lipinski definition) is 3. The van der Waals surface area contributed by atoms with E-state index in [4.69, 9.17) is 0 Å². The van der Waals surface area contributed by atoms with E-state index < -0.39 is 12.1 Å². The summed E-state index contributed by atoms with van der Waals surface area (Å²) in [6, 6.07) is 24.8. The zero-order valence-electron chi connectivity index (χ0n) is 16.8. The fourth-order valence-electron chi connectivity index (χ4n) is 3.41. The molecule has 154 valence electrons. The first-order valence-electron chi connectivity index (χ1n) is 9.77. The van der Waals surface area contributed by atoms with Gasteiger partial charge in [-0.05, 0) is 29.8 Å². The van der Waals surface area contributed by atoms with Crippen molar-refractivity contribution in [3.63, 3.8) is 0 Å². The number of halogens is 1. The molecule has 0 saturated carbocycles. The summed E-state index contributed by atoms with van der Waals surface area (Å²) in [6.07, 6.45) is 2.07. The number of nitrogens with zero attached hydrogens (tertiary/aromatic N) is 2. The van der Waals surface area contributed by atoms with Crippen molar-refractivity contribution in [1.82, 2.24) is 5.32 Å². The molecule has 0 aromatic heterocycles. The monoisotopic (exact) mass is 473 g/mol. The number of likely N-dealkylation sites (N-methyl/N-ethyl adjacent to an activating group) is 1. The number of carbonyl (C=O) groups excluding carboxylic acids is 2. The van der Waals surface area contributed by atoms with E-state index in [0.29, 0.717) is 5.71 Å². The Bertz CT molecular complexity index is 1190. The van der Waals surface area contributed by atoms with E-state index in [1.807, 2.05) is 78.9 Å². The lowest BCUT2D eigenvalue weighted by atomic mass is 10.0. The zero-order chi connectivity index (χ0) is 21.8. The van der Waals surface area contributed by atoms with Crippen LogP contribution in [-0.2, 0) is 9.59 Å². The number of benzodiazepines with no additional fused rings is 1. The highest BCUT2D eigenvalue weighted by molar-refractivity contribution is 9.10. The molecule has 0 fully saturated rings. The Balaban J connectivity index is 1.67. The third kappa shape index (κ3) is 4.64. The van der Waals surface area contributed by atoms with Gasteiger partial charge in [-0.15, -0.1) is 0 Å². The molecule has 0 spiro atoms. The van der Waals surface area contributed by atoms with Gasteiger partial charge in [0.2, 0.25) is 12.1 Å². The van der Waals surface area contributed by atoms with Crippen molar-refractivity contribution >= 4 is 45.2 Å². The topological polar surface area (TPSA) is 61.8 Å². The Morgan fingerprint density at radius 1 is 1.03 bits per heavy atom. The first kappa shape index (κ1) is 20.8. The van der Waals surface area contributed by atoms with Gasteiger partial charge in [0.15, 0.2) is 0 Å². The second-order valence-electron chi connectivity index (χ2n) is 7.06. The largest absolute Gasteiger partial charge is 0.323 e.